The number of anilines is 1. The van der Waals surface area contributed by atoms with Crippen LogP contribution in [0.5, 0.6) is 5.75 Å². The summed E-state index contributed by atoms with van der Waals surface area (Å²) in [5.74, 6) is -0.210. The first-order valence-electron chi connectivity index (χ1n) is 6.13. The molecule has 0 saturated heterocycles. The topological polar surface area (TPSA) is 62.7 Å². The molecule has 0 aliphatic rings. The van der Waals surface area contributed by atoms with Crippen LogP contribution < -0.4 is 9.64 Å². The van der Waals surface area contributed by atoms with E-state index in [9.17, 15) is 4.79 Å². The summed E-state index contributed by atoms with van der Waals surface area (Å²) in [5, 5.41) is 8.94. The molecule has 1 aromatic heterocycles. The fourth-order valence-corrected chi connectivity index (χ4v) is 1.87. The standard InChI is InChI=1S/C15H16N2O3/c1-17(10-11-3-5-13(20-2)6-4-11)12-7-8-16-14(9-12)15(18)19/h3-9H,10H2,1-2H3,(H,18,19). The van der Waals surface area contributed by atoms with Crippen molar-refractivity contribution in [2.24, 2.45) is 0 Å². The summed E-state index contributed by atoms with van der Waals surface area (Å²) >= 11 is 0. The molecular weight excluding hydrogens is 256 g/mol. The van der Waals surface area contributed by atoms with Crippen LogP contribution in [0.25, 0.3) is 0 Å². The molecule has 0 aliphatic carbocycles. The highest BCUT2D eigenvalue weighted by atomic mass is 16.5. The van der Waals surface area contributed by atoms with Crippen molar-refractivity contribution in [1.29, 1.82) is 0 Å². The Labute approximate surface area is 117 Å². The number of hydrogen-bond acceptors (Lipinski definition) is 4. The first-order chi connectivity index (χ1) is 9.60. The molecule has 0 atom stereocenters. The van der Waals surface area contributed by atoms with E-state index in [4.69, 9.17) is 9.84 Å². The fourth-order valence-electron chi connectivity index (χ4n) is 1.87. The lowest BCUT2D eigenvalue weighted by atomic mass is 10.2. The first kappa shape index (κ1) is 13.9. The van der Waals surface area contributed by atoms with Gasteiger partial charge >= 0.3 is 5.97 Å². The van der Waals surface area contributed by atoms with E-state index in [-0.39, 0.29) is 5.69 Å². The monoisotopic (exact) mass is 272 g/mol. The molecular formula is C15H16N2O3. The van der Waals surface area contributed by atoms with Crippen molar-refractivity contribution >= 4 is 11.7 Å². The molecule has 2 aromatic rings. The van der Waals surface area contributed by atoms with Crippen LogP contribution in [0, 0.1) is 0 Å². The minimum Gasteiger partial charge on any atom is -0.497 e. The Balaban J connectivity index is 2.12. The predicted octanol–water partition coefficient (Wildman–Crippen LogP) is 2.42. The largest absolute Gasteiger partial charge is 0.497 e. The average molecular weight is 272 g/mol. The van der Waals surface area contributed by atoms with Crippen molar-refractivity contribution in [1.82, 2.24) is 4.98 Å². The molecule has 0 spiro atoms. The van der Waals surface area contributed by atoms with Crippen LogP contribution >= 0.6 is 0 Å². The van der Waals surface area contributed by atoms with Gasteiger partial charge in [0.25, 0.3) is 0 Å². The van der Waals surface area contributed by atoms with Gasteiger partial charge in [-0.2, -0.15) is 0 Å². The van der Waals surface area contributed by atoms with E-state index in [1.165, 1.54) is 6.20 Å². The third-order valence-electron chi connectivity index (χ3n) is 2.98. The molecule has 1 aromatic carbocycles. The lowest BCUT2D eigenvalue weighted by Crippen LogP contribution is -2.17. The van der Waals surface area contributed by atoms with Crippen LogP contribution in [0.2, 0.25) is 0 Å². The Morgan fingerprint density at radius 1 is 1.30 bits per heavy atom. The SMILES string of the molecule is COc1ccc(CN(C)c2ccnc(C(=O)O)c2)cc1. The number of hydrogen-bond donors (Lipinski definition) is 1. The molecule has 20 heavy (non-hydrogen) atoms. The summed E-state index contributed by atoms with van der Waals surface area (Å²) < 4.78 is 5.11. The van der Waals surface area contributed by atoms with Crippen LogP contribution in [0.15, 0.2) is 42.6 Å². The molecule has 0 amide bonds. The van der Waals surface area contributed by atoms with Crippen molar-refractivity contribution in [2.45, 2.75) is 6.54 Å². The van der Waals surface area contributed by atoms with E-state index >= 15 is 0 Å². The molecule has 0 bridgehead atoms. The number of pyridine rings is 1. The van der Waals surface area contributed by atoms with Crippen LogP contribution in [0.3, 0.4) is 0 Å². The molecule has 5 heteroatoms. The van der Waals surface area contributed by atoms with E-state index < -0.39 is 5.97 Å². The number of methoxy groups -OCH3 is 1. The number of rotatable bonds is 5. The van der Waals surface area contributed by atoms with Crippen LogP contribution in [0.1, 0.15) is 16.1 Å². The van der Waals surface area contributed by atoms with Crippen LogP contribution in [-0.4, -0.2) is 30.2 Å². The molecule has 2 rings (SSSR count). The third-order valence-corrected chi connectivity index (χ3v) is 2.98. The van der Waals surface area contributed by atoms with Crippen LogP contribution in [-0.2, 0) is 6.54 Å². The van der Waals surface area contributed by atoms with E-state index in [0.29, 0.717) is 6.54 Å². The van der Waals surface area contributed by atoms with Gasteiger partial charge in [-0.15, -0.1) is 0 Å². The number of carboxylic acid groups (broad SMARTS) is 1. The zero-order valence-corrected chi connectivity index (χ0v) is 11.4. The quantitative estimate of drug-likeness (QED) is 0.905. The average Bonchev–Trinajstić information content (AvgIpc) is 2.48. The minimum absolute atomic E-state index is 0.0454. The summed E-state index contributed by atoms with van der Waals surface area (Å²) in [5.41, 5.74) is 1.97. The van der Waals surface area contributed by atoms with Crippen molar-refractivity contribution in [3.8, 4) is 5.75 Å². The Bertz CT molecular complexity index is 596. The van der Waals surface area contributed by atoms with Crippen LogP contribution in [0.4, 0.5) is 5.69 Å². The smallest absolute Gasteiger partial charge is 0.354 e. The van der Waals surface area contributed by atoms with Crippen molar-refractivity contribution < 1.29 is 14.6 Å². The summed E-state index contributed by atoms with van der Waals surface area (Å²) in [6.07, 6.45) is 1.50. The maximum Gasteiger partial charge on any atom is 0.354 e. The maximum atomic E-state index is 10.9. The van der Waals surface area contributed by atoms with Gasteiger partial charge in [-0.25, -0.2) is 9.78 Å². The number of benzene rings is 1. The van der Waals surface area contributed by atoms with E-state index in [1.807, 2.05) is 36.2 Å². The summed E-state index contributed by atoms with van der Waals surface area (Å²) in [7, 11) is 3.54. The van der Waals surface area contributed by atoms with Gasteiger partial charge in [0.2, 0.25) is 0 Å². The lowest BCUT2D eigenvalue weighted by molar-refractivity contribution is 0.0690. The molecule has 5 nitrogen and oxygen atoms in total. The normalized spacial score (nSPS) is 10.1. The van der Waals surface area contributed by atoms with E-state index in [1.54, 1.807) is 19.2 Å². The number of carboxylic acids is 1. The Morgan fingerprint density at radius 2 is 2.00 bits per heavy atom. The Kier molecular flexibility index (Phi) is 4.20. The number of ether oxygens (including phenoxy) is 1. The number of nitrogens with zero attached hydrogens (tertiary/aromatic N) is 2. The molecule has 0 unspecified atom stereocenters. The highest BCUT2D eigenvalue weighted by molar-refractivity contribution is 5.86. The van der Waals surface area contributed by atoms with Gasteiger partial charge < -0.3 is 14.7 Å². The number of carbonyl (C=O) groups is 1. The molecule has 0 fully saturated rings. The Hall–Kier alpha value is -2.56. The van der Waals surface area contributed by atoms with Crippen molar-refractivity contribution in [2.75, 3.05) is 19.1 Å². The summed E-state index contributed by atoms with van der Waals surface area (Å²) in [4.78, 5) is 16.7. The second-order valence-electron chi connectivity index (χ2n) is 4.41. The predicted molar refractivity (Wildman–Crippen MR) is 76.3 cm³/mol. The molecule has 0 saturated carbocycles. The minimum atomic E-state index is -1.02. The molecule has 0 aliphatic heterocycles. The zero-order valence-electron chi connectivity index (χ0n) is 11.4. The third kappa shape index (κ3) is 3.26. The second kappa shape index (κ2) is 6.06. The van der Waals surface area contributed by atoms with E-state index in [0.717, 1.165) is 17.0 Å². The van der Waals surface area contributed by atoms with Gasteiger partial charge in [-0.1, -0.05) is 12.1 Å². The summed E-state index contributed by atoms with van der Waals surface area (Å²) in [6, 6.07) is 11.1. The number of aromatic nitrogens is 1. The highest BCUT2D eigenvalue weighted by Gasteiger charge is 2.08. The van der Waals surface area contributed by atoms with Crippen molar-refractivity contribution in [3.05, 3.63) is 53.9 Å². The molecule has 0 radical (unpaired) electrons. The second-order valence-corrected chi connectivity index (χ2v) is 4.41. The lowest BCUT2D eigenvalue weighted by Gasteiger charge is -2.19. The van der Waals surface area contributed by atoms with Gasteiger partial charge in [-0.05, 0) is 29.8 Å². The summed E-state index contributed by atoms with van der Waals surface area (Å²) in [6.45, 7) is 0.674. The molecule has 104 valence electrons. The highest BCUT2D eigenvalue weighted by Crippen LogP contribution is 2.17. The molecule has 1 N–H and O–H groups in total. The fraction of sp³-hybridized carbons (Fsp3) is 0.200. The van der Waals surface area contributed by atoms with Gasteiger partial charge in [0.15, 0.2) is 0 Å². The van der Waals surface area contributed by atoms with E-state index in [2.05, 4.69) is 4.98 Å². The molecule has 1 heterocycles. The van der Waals surface area contributed by atoms with Crippen molar-refractivity contribution in [3.63, 3.8) is 0 Å². The van der Waals surface area contributed by atoms with Gasteiger partial charge in [0.05, 0.1) is 7.11 Å². The first-order valence-corrected chi connectivity index (χ1v) is 6.13. The van der Waals surface area contributed by atoms with Gasteiger partial charge in [-0.3, -0.25) is 0 Å². The maximum absolute atomic E-state index is 10.9. The van der Waals surface area contributed by atoms with Gasteiger partial charge in [0, 0.05) is 25.5 Å². The Morgan fingerprint density at radius 3 is 2.60 bits per heavy atom. The zero-order chi connectivity index (χ0) is 14.5. The number of aromatic carboxylic acids is 1. The van der Waals surface area contributed by atoms with Gasteiger partial charge in [0.1, 0.15) is 11.4 Å².